The number of nitrogens with zero attached hydrogens (tertiary/aromatic N) is 5. The lowest BCUT2D eigenvalue weighted by Gasteiger charge is -2.41. The van der Waals surface area contributed by atoms with E-state index < -0.39 is 0 Å². The first-order chi connectivity index (χ1) is 16.1. The molecule has 2 bridgehead atoms. The summed E-state index contributed by atoms with van der Waals surface area (Å²) in [6.07, 6.45) is 7.76. The number of para-hydroxylation sites is 1. The van der Waals surface area contributed by atoms with Crippen LogP contribution in [0.25, 0.3) is 0 Å². The Balaban J connectivity index is 1.53. The minimum atomic E-state index is -0.0172. The normalized spacial score (nSPS) is 19.4. The van der Waals surface area contributed by atoms with Crippen LogP contribution >= 0.6 is 0 Å². The second-order valence-corrected chi connectivity index (χ2v) is 9.00. The van der Waals surface area contributed by atoms with E-state index in [-0.39, 0.29) is 23.8 Å². The molecule has 0 unspecified atom stereocenters. The maximum absolute atomic E-state index is 13.3. The molecular formula is C24H33N5O4. The molecule has 1 aromatic carbocycles. The van der Waals surface area contributed by atoms with Crippen LogP contribution in [0.3, 0.4) is 0 Å². The van der Waals surface area contributed by atoms with E-state index >= 15 is 0 Å². The van der Waals surface area contributed by atoms with Crippen molar-refractivity contribution in [3.05, 3.63) is 42.5 Å². The monoisotopic (exact) mass is 455 g/mol. The van der Waals surface area contributed by atoms with Gasteiger partial charge in [-0.1, -0.05) is 18.6 Å². The minimum absolute atomic E-state index is 0.00519. The molecule has 3 aliphatic heterocycles. The molecule has 2 amide bonds. The highest BCUT2D eigenvalue weighted by molar-refractivity contribution is 5.97. The SMILES string of the molecule is COCC12CCCCN(C(=O)Cn3cncn3)CCOc3ccccc3C(=O)N(CC1)CC2. The van der Waals surface area contributed by atoms with Crippen LogP contribution in [-0.2, 0) is 16.1 Å². The molecule has 1 fully saturated rings. The largest absolute Gasteiger partial charge is 0.491 e. The fraction of sp³-hybridized carbons (Fsp3) is 0.583. The van der Waals surface area contributed by atoms with E-state index in [9.17, 15) is 9.59 Å². The summed E-state index contributed by atoms with van der Waals surface area (Å²) in [6, 6.07) is 7.38. The zero-order valence-electron chi connectivity index (χ0n) is 19.3. The topological polar surface area (TPSA) is 89.8 Å². The zero-order chi connectivity index (χ0) is 23.1. The summed E-state index contributed by atoms with van der Waals surface area (Å²) in [4.78, 5) is 33.9. The van der Waals surface area contributed by atoms with Crippen LogP contribution in [0.15, 0.2) is 36.9 Å². The minimum Gasteiger partial charge on any atom is -0.491 e. The van der Waals surface area contributed by atoms with Crippen LogP contribution in [-0.4, -0.2) is 82.9 Å². The molecule has 5 rings (SSSR count). The van der Waals surface area contributed by atoms with Crippen molar-refractivity contribution in [3.63, 3.8) is 0 Å². The highest BCUT2D eigenvalue weighted by Gasteiger charge is 2.36. The smallest absolute Gasteiger partial charge is 0.257 e. The maximum Gasteiger partial charge on any atom is 0.257 e. The second kappa shape index (κ2) is 10.8. The van der Waals surface area contributed by atoms with Gasteiger partial charge in [-0.05, 0) is 43.2 Å². The van der Waals surface area contributed by atoms with Gasteiger partial charge < -0.3 is 19.3 Å². The van der Waals surface area contributed by atoms with Crippen molar-refractivity contribution in [1.29, 1.82) is 0 Å². The Morgan fingerprint density at radius 2 is 1.94 bits per heavy atom. The number of benzene rings is 1. The number of hydrogen-bond donors (Lipinski definition) is 0. The van der Waals surface area contributed by atoms with Crippen LogP contribution in [0.2, 0.25) is 0 Å². The number of fused-ring (bicyclic) bond motifs is 9. The Hall–Kier alpha value is -2.94. The van der Waals surface area contributed by atoms with Crippen molar-refractivity contribution >= 4 is 11.8 Å². The molecule has 33 heavy (non-hydrogen) atoms. The van der Waals surface area contributed by atoms with Gasteiger partial charge >= 0.3 is 0 Å². The van der Waals surface area contributed by atoms with E-state index in [1.54, 1.807) is 13.4 Å². The van der Waals surface area contributed by atoms with Crippen molar-refractivity contribution in [2.24, 2.45) is 5.41 Å². The average molecular weight is 456 g/mol. The fourth-order valence-corrected chi connectivity index (χ4v) is 4.88. The Morgan fingerprint density at radius 3 is 2.70 bits per heavy atom. The predicted molar refractivity (Wildman–Crippen MR) is 122 cm³/mol. The molecule has 1 aromatic heterocycles. The van der Waals surface area contributed by atoms with Crippen molar-refractivity contribution in [3.8, 4) is 5.75 Å². The molecule has 2 aromatic rings. The summed E-state index contributed by atoms with van der Waals surface area (Å²) in [5.74, 6) is 0.553. The average Bonchev–Trinajstić information content (AvgIpc) is 3.33. The van der Waals surface area contributed by atoms with Crippen molar-refractivity contribution in [2.75, 3.05) is 46.5 Å². The lowest BCUT2D eigenvalue weighted by Crippen LogP contribution is -2.45. The zero-order valence-corrected chi connectivity index (χ0v) is 19.3. The van der Waals surface area contributed by atoms with Gasteiger partial charge in [-0.3, -0.25) is 9.59 Å². The third-order valence-electron chi connectivity index (χ3n) is 6.80. The van der Waals surface area contributed by atoms with E-state index in [1.807, 2.05) is 34.1 Å². The number of amides is 2. The van der Waals surface area contributed by atoms with Gasteiger partial charge in [0.2, 0.25) is 5.91 Å². The van der Waals surface area contributed by atoms with Crippen LogP contribution in [0.4, 0.5) is 0 Å². The second-order valence-electron chi connectivity index (χ2n) is 9.00. The van der Waals surface area contributed by atoms with Crippen molar-refractivity contribution < 1.29 is 19.1 Å². The van der Waals surface area contributed by atoms with E-state index in [4.69, 9.17) is 9.47 Å². The third-order valence-corrected chi connectivity index (χ3v) is 6.80. The molecule has 0 aliphatic carbocycles. The first-order valence-electron chi connectivity index (χ1n) is 11.7. The summed E-state index contributed by atoms with van der Waals surface area (Å²) in [6.45, 7) is 3.72. The van der Waals surface area contributed by atoms with Gasteiger partial charge in [-0.25, -0.2) is 9.67 Å². The molecule has 9 nitrogen and oxygen atoms in total. The van der Waals surface area contributed by atoms with Gasteiger partial charge in [0.25, 0.3) is 5.91 Å². The molecule has 178 valence electrons. The van der Waals surface area contributed by atoms with Gasteiger partial charge in [-0.2, -0.15) is 5.10 Å². The Bertz CT molecular complexity index is 925. The third kappa shape index (κ3) is 5.71. The standard InChI is InChI=1S/C24H33N5O4/c1-32-17-24-8-4-5-11-27(22(30)16-29-19-25-18-26-29)14-15-33-21-7-3-2-6-20(21)23(31)28(12-9-24)13-10-24/h2-3,6-7,18-19H,4-5,8-17H2,1H3. The quantitative estimate of drug-likeness (QED) is 0.702. The molecule has 4 heterocycles. The molecule has 9 heteroatoms. The number of ether oxygens (including phenoxy) is 2. The first kappa shape index (κ1) is 23.2. The molecule has 3 aliphatic rings. The van der Waals surface area contributed by atoms with Gasteiger partial charge in [0.05, 0.1) is 18.7 Å². The molecule has 0 radical (unpaired) electrons. The number of carbonyl (C=O) groups excluding carboxylic acids is 2. The number of methoxy groups -OCH3 is 1. The fourth-order valence-electron chi connectivity index (χ4n) is 4.88. The number of aromatic nitrogens is 3. The van der Waals surface area contributed by atoms with E-state index in [1.165, 1.54) is 11.0 Å². The summed E-state index contributed by atoms with van der Waals surface area (Å²) in [5, 5.41) is 4.05. The number of carbonyl (C=O) groups is 2. The van der Waals surface area contributed by atoms with Crippen LogP contribution < -0.4 is 4.74 Å². The number of piperidine rings is 1. The maximum atomic E-state index is 13.3. The van der Waals surface area contributed by atoms with E-state index in [2.05, 4.69) is 10.1 Å². The van der Waals surface area contributed by atoms with Gasteiger partial charge in [-0.15, -0.1) is 0 Å². The lowest BCUT2D eigenvalue weighted by molar-refractivity contribution is -0.132. The predicted octanol–water partition coefficient (Wildman–Crippen LogP) is 2.24. The summed E-state index contributed by atoms with van der Waals surface area (Å²) in [7, 11) is 1.75. The summed E-state index contributed by atoms with van der Waals surface area (Å²) in [5.41, 5.74) is 0.657. The van der Waals surface area contributed by atoms with Crippen LogP contribution in [0.5, 0.6) is 5.75 Å². The molecule has 0 spiro atoms. The van der Waals surface area contributed by atoms with E-state index in [0.29, 0.717) is 37.6 Å². The van der Waals surface area contributed by atoms with Crippen LogP contribution in [0.1, 0.15) is 42.5 Å². The van der Waals surface area contributed by atoms with Crippen LogP contribution in [0, 0.1) is 5.41 Å². The molecule has 0 atom stereocenters. The summed E-state index contributed by atoms with van der Waals surface area (Å²) >= 11 is 0. The number of rotatable bonds is 4. The Morgan fingerprint density at radius 1 is 1.12 bits per heavy atom. The highest BCUT2D eigenvalue weighted by atomic mass is 16.5. The Labute approximate surface area is 194 Å². The number of hydrogen-bond acceptors (Lipinski definition) is 6. The summed E-state index contributed by atoms with van der Waals surface area (Å²) < 4.78 is 13.1. The molecule has 0 saturated carbocycles. The van der Waals surface area contributed by atoms with E-state index in [0.717, 1.165) is 45.2 Å². The van der Waals surface area contributed by atoms with Gasteiger partial charge in [0.1, 0.15) is 31.6 Å². The van der Waals surface area contributed by atoms with Crippen molar-refractivity contribution in [1.82, 2.24) is 24.6 Å². The molecule has 1 saturated heterocycles. The molecule has 0 N–H and O–H groups in total. The van der Waals surface area contributed by atoms with Crippen molar-refractivity contribution in [2.45, 2.75) is 38.6 Å². The Kier molecular flexibility index (Phi) is 7.59. The van der Waals surface area contributed by atoms with Gasteiger partial charge in [0.15, 0.2) is 0 Å². The lowest BCUT2D eigenvalue weighted by atomic mass is 9.75. The first-order valence-corrected chi connectivity index (χ1v) is 11.7. The molecular weight excluding hydrogens is 422 g/mol. The van der Waals surface area contributed by atoms with Gasteiger partial charge in [0, 0.05) is 26.7 Å². The highest BCUT2D eigenvalue weighted by Crippen LogP contribution is 2.38.